The molecule has 4 rings (SSSR count). The van der Waals surface area contributed by atoms with Crippen molar-refractivity contribution in [2.75, 3.05) is 24.5 Å². The highest BCUT2D eigenvalue weighted by Gasteiger charge is 2.33. The first-order valence-electron chi connectivity index (χ1n) is 10.0. The van der Waals surface area contributed by atoms with Crippen LogP contribution in [0.25, 0.3) is 11.4 Å². The average molecular weight is 427 g/mol. The summed E-state index contributed by atoms with van der Waals surface area (Å²) in [6.07, 6.45) is 0. The monoisotopic (exact) mass is 426 g/mol. The zero-order valence-corrected chi connectivity index (χ0v) is 18.5. The van der Waals surface area contributed by atoms with Gasteiger partial charge in [-0.1, -0.05) is 29.4 Å². The maximum absolute atomic E-state index is 13.5. The van der Waals surface area contributed by atoms with E-state index in [2.05, 4.69) is 47.1 Å². The van der Waals surface area contributed by atoms with Crippen LogP contribution in [0.15, 0.2) is 51.9 Å². The molecule has 1 saturated heterocycles. The number of piperazine rings is 1. The molecular weight excluding hydrogens is 400 g/mol. The fourth-order valence-corrected chi connectivity index (χ4v) is 5.67. The van der Waals surface area contributed by atoms with Crippen molar-refractivity contribution in [3.8, 4) is 11.4 Å². The van der Waals surface area contributed by atoms with Crippen LogP contribution in [-0.4, -0.2) is 48.5 Å². The number of aryl methyl sites for hydroxylation is 3. The Balaban J connectivity index is 1.60. The predicted octanol–water partition coefficient (Wildman–Crippen LogP) is 3.56. The van der Waals surface area contributed by atoms with Gasteiger partial charge in [-0.15, -0.1) is 0 Å². The molecule has 3 aromatic rings. The highest BCUT2D eigenvalue weighted by Crippen LogP contribution is 2.29. The van der Waals surface area contributed by atoms with Crippen LogP contribution in [0.4, 0.5) is 5.69 Å². The molecule has 1 aromatic heterocycles. The van der Waals surface area contributed by atoms with E-state index in [1.54, 1.807) is 23.4 Å². The highest BCUT2D eigenvalue weighted by molar-refractivity contribution is 7.89. The van der Waals surface area contributed by atoms with Gasteiger partial charge in [-0.25, -0.2) is 8.42 Å². The van der Waals surface area contributed by atoms with E-state index >= 15 is 0 Å². The Hall–Kier alpha value is -2.71. The van der Waals surface area contributed by atoms with Crippen LogP contribution in [0.3, 0.4) is 0 Å². The molecule has 0 bridgehead atoms. The van der Waals surface area contributed by atoms with Crippen LogP contribution in [0, 0.1) is 20.8 Å². The number of rotatable bonds is 4. The minimum Gasteiger partial charge on any atom is -0.366 e. The topological polar surface area (TPSA) is 79.5 Å². The molecule has 0 saturated carbocycles. The van der Waals surface area contributed by atoms with E-state index in [9.17, 15) is 8.42 Å². The molecule has 0 aliphatic carbocycles. The lowest BCUT2D eigenvalue weighted by Crippen LogP contribution is -2.53. The second-order valence-corrected chi connectivity index (χ2v) is 9.77. The maximum Gasteiger partial charge on any atom is 0.243 e. The third-order valence-corrected chi connectivity index (χ3v) is 7.52. The van der Waals surface area contributed by atoms with E-state index in [0.717, 1.165) is 5.69 Å². The van der Waals surface area contributed by atoms with Gasteiger partial charge in [-0.3, -0.25) is 0 Å². The first kappa shape index (κ1) is 20.6. The summed E-state index contributed by atoms with van der Waals surface area (Å²) in [6.45, 7) is 9.16. The van der Waals surface area contributed by atoms with Crippen LogP contribution in [-0.2, 0) is 10.0 Å². The maximum atomic E-state index is 13.5. The summed E-state index contributed by atoms with van der Waals surface area (Å²) in [5.41, 5.74) is 3.65. The van der Waals surface area contributed by atoms with Crippen molar-refractivity contribution in [2.24, 2.45) is 0 Å². The minimum absolute atomic E-state index is 0.0682. The largest absolute Gasteiger partial charge is 0.366 e. The van der Waals surface area contributed by atoms with Gasteiger partial charge in [0.25, 0.3) is 0 Å². The normalized spacial score (nSPS) is 18.0. The van der Waals surface area contributed by atoms with Gasteiger partial charge in [0.15, 0.2) is 0 Å². The van der Waals surface area contributed by atoms with Crippen LogP contribution in [0.1, 0.15) is 23.9 Å². The van der Waals surface area contributed by atoms with E-state index in [1.807, 2.05) is 19.1 Å². The van der Waals surface area contributed by atoms with Crippen LogP contribution in [0.5, 0.6) is 0 Å². The Morgan fingerprint density at radius 3 is 2.53 bits per heavy atom. The van der Waals surface area contributed by atoms with Gasteiger partial charge in [-0.2, -0.15) is 9.29 Å². The van der Waals surface area contributed by atoms with E-state index < -0.39 is 10.0 Å². The lowest BCUT2D eigenvalue weighted by atomic mass is 10.1. The standard InChI is InChI=1S/C22H26N4O3S/c1-15-6-5-7-20(12-15)26-11-10-25(14-17(26)3)30(27,28)21-13-19(9-8-16(21)2)22-23-18(4)29-24-22/h5-9,12-13,17H,10-11,14H2,1-4H3/t17-/m0/s1. The summed E-state index contributed by atoms with van der Waals surface area (Å²) in [5, 5.41) is 3.91. The Labute approximate surface area is 177 Å². The lowest BCUT2D eigenvalue weighted by molar-refractivity contribution is 0.342. The molecule has 2 aromatic carbocycles. The van der Waals surface area contributed by atoms with Crippen LogP contribution >= 0.6 is 0 Å². The van der Waals surface area contributed by atoms with Crippen LogP contribution < -0.4 is 4.90 Å². The molecule has 1 aliphatic rings. The quantitative estimate of drug-likeness (QED) is 0.635. The van der Waals surface area contributed by atoms with Crippen molar-refractivity contribution in [1.29, 1.82) is 0 Å². The third-order valence-electron chi connectivity index (χ3n) is 5.52. The summed E-state index contributed by atoms with van der Waals surface area (Å²) in [6, 6.07) is 13.6. The molecule has 0 amide bonds. The molecule has 0 N–H and O–H groups in total. The molecule has 0 unspecified atom stereocenters. The Morgan fingerprint density at radius 2 is 1.87 bits per heavy atom. The van der Waals surface area contributed by atoms with Crippen LogP contribution in [0.2, 0.25) is 0 Å². The van der Waals surface area contributed by atoms with E-state index in [-0.39, 0.29) is 6.04 Å². The molecule has 8 heteroatoms. The number of sulfonamides is 1. The van der Waals surface area contributed by atoms with Gasteiger partial charge >= 0.3 is 0 Å². The van der Waals surface area contributed by atoms with Gasteiger partial charge in [0, 0.05) is 43.9 Å². The van der Waals surface area contributed by atoms with Crippen molar-refractivity contribution < 1.29 is 12.9 Å². The van der Waals surface area contributed by atoms with Gasteiger partial charge < -0.3 is 9.42 Å². The molecule has 2 heterocycles. The Morgan fingerprint density at radius 1 is 1.07 bits per heavy atom. The first-order valence-corrected chi connectivity index (χ1v) is 11.4. The highest BCUT2D eigenvalue weighted by atomic mass is 32.2. The van der Waals surface area contributed by atoms with Gasteiger partial charge in [-0.05, 0) is 50.1 Å². The number of aromatic nitrogens is 2. The fourth-order valence-electron chi connectivity index (χ4n) is 3.91. The molecule has 30 heavy (non-hydrogen) atoms. The number of hydrogen-bond donors (Lipinski definition) is 0. The zero-order valence-electron chi connectivity index (χ0n) is 17.7. The molecule has 1 fully saturated rings. The van der Waals surface area contributed by atoms with E-state index in [4.69, 9.17) is 4.52 Å². The summed E-state index contributed by atoms with van der Waals surface area (Å²) >= 11 is 0. The third kappa shape index (κ3) is 3.85. The molecular formula is C22H26N4O3S. The summed E-state index contributed by atoms with van der Waals surface area (Å²) in [7, 11) is -3.64. The summed E-state index contributed by atoms with van der Waals surface area (Å²) in [5.74, 6) is 0.831. The molecule has 1 atom stereocenters. The smallest absolute Gasteiger partial charge is 0.243 e. The van der Waals surface area contributed by atoms with Gasteiger partial charge in [0.05, 0.1) is 4.90 Å². The Kier molecular flexibility index (Phi) is 5.38. The summed E-state index contributed by atoms with van der Waals surface area (Å²) < 4.78 is 33.6. The lowest BCUT2D eigenvalue weighted by Gasteiger charge is -2.40. The number of anilines is 1. The molecule has 158 valence electrons. The van der Waals surface area contributed by atoms with Crippen molar-refractivity contribution in [1.82, 2.24) is 14.4 Å². The minimum atomic E-state index is -3.64. The molecule has 7 nitrogen and oxygen atoms in total. The van der Waals surface area contributed by atoms with Crippen molar-refractivity contribution >= 4 is 15.7 Å². The fraction of sp³-hybridized carbons (Fsp3) is 0.364. The van der Waals surface area contributed by atoms with E-state index in [1.165, 1.54) is 5.56 Å². The van der Waals surface area contributed by atoms with E-state index in [0.29, 0.717) is 47.4 Å². The van der Waals surface area contributed by atoms with Crippen molar-refractivity contribution in [3.05, 3.63) is 59.5 Å². The molecule has 0 spiro atoms. The SMILES string of the molecule is Cc1cccc(N2CCN(S(=O)(=O)c3cc(-c4noc(C)n4)ccc3C)C[C@@H]2C)c1. The second kappa shape index (κ2) is 7.85. The number of nitrogens with zero attached hydrogens (tertiary/aromatic N) is 4. The number of benzene rings is 2. The van der Waals surface area contributed by atoms with Gasteiger partial charge in [0.1, 0.15) is 0 Å². The zero-order chi connectivity index (χ0) is 21.5. The van der Waals surface area contributed by atoms with Gasteiger partial charge in [0.2, 0.25) is 21.7 Å². The number of hydrogen-bond acceptors (Lipinski definition) is 6. The molecule has 0 radical (unpaired) electrons. The second-order valence-electron chi connectivity index (χ2n) is 7.86. The first-order chi connectivity index (χ1) is 14.3. The Bertz CT molecular complexity index is 1170. The summed E-state index contributed by atoms with van der Waals surface area (Å²) in [4.78, 5) is 6.77. The van der Waals surface area contributed by atoms with Crippen molar-refractivity contribution in [3.63, 3.8) is 0 Å². The van der Waals surface area contributed by atoms with Crippen molar-refractivity contribution in [2.45, 2.75) is 38.6 Å². The average Bonchev–Trinajstić information content (AvgIpc) is 3.14. The molecule has 1 aliphatic heterocycles. The predicted molar refractivity (Wildman–Crippen MR) is 116 cm³/mol.